The van der Waals surface area contributed by atoms with Gasteiger partial charge in [-0.2, -0.15) is 10.2 Å². The Morgan fingerprint density at radius 2 is 1.09 bits per heavy atom. The number of aryl methyl sites for hydroxylation is 2. The number of unbranched alkanes of at least 4 members (excludes halogenated alkanes) is 2. The van der Waals surface area contributed by atoms with E-state index in [1.807, 2.05) is 12.1 Å². The number of nitrogens with zero attached hydrogens (tertiary/aromatic N) is 2. The van der Waals surface area contributed by atoms with Gasteiger partial charge in [0.15, 0.2) is 0 Å². The SMILES string of the molecule is CCCCCc1ccc(N=Nc2ccc(CCC)cc2)cc1. The number of benzene rings is 2. The van der Waals surface area contributed by atoms with Crippen LogP contribution in [0.2, 0.25) is 0 Å². The zero-order valence-electron chi connectivity index (χ0n) is 13.8. The minimum absolute atomic E-state index is 0.909. The summed E-state index contributed by atoms with van der Waals surface area (Å²) in [7, 11) is 0. The van der Waals surface area contributed by atoms with Gasteiger partial charge in [0.2, 0.25) is 0 Å². The van der Waals surface area contributed by atoms with E-state index in [9.17, 15) is 0 Å². The minimum Gasteiger partial charge on any atom is -0.151 e. The Kier molecular flexibility index (Phi) is 6.82. The lowest BCUT2D eigenvalue weighted by Gasteiger charge is -2.01. The average molecular weight is 294 g/mol. The van der Waals surface area contributed by atoms with Crippen molar-refractivity contribution in [2.75, 3.05) is 0 Å². The van der Waals surface area contributed by atoms with E-state index in [1.165, 1.54) is 36.8 Å². The van der Waals surface area contributed by atoms with Crippen molar-refractivity contribution >= 4 is 11.4 Å². The second kappa shape index (κ2) is 9.14. The van der Waals surface area contributed by atoms with Crippen LogP contribution in [0, 0.1) is 0 Å². The van der Waals surface area contributed by atoms with Crippen molar-refractivity contribution in [3.8, 4) is 0 Å². The minimum atomic E-state index is 0.909. The second-order valence-corrected chi connectivity index (χ2v) is 5.74. The van der Waals surface area contributed by atoms with E-state index < -0.39 is 0 Å². The van der Waals surface area contributed by atoms with Gasteiger partial charge >= 0.3 is 0 Å². The van der Waals surface area contributed by atoms with E-state index in [-0.39, 0.29) is 0 Å². The molecule has 0 saturated heterocycles. The Morgan fingerprint density at radius 1 is 0.591 bits per heavy atom. The van der Waals surface area contributed by atoms with Crippen LogP contribution in [-0.4, -0.2) is 0 Å². The maximum atomic E-state index is 4.31. The maximum Gasteiger partial charge on any atom is 0.0857 e. The lowest BCUT2D eigenvalue weighted by atomic mass is 10.1. The third-order valence-electron chi connectivity index (χ3n) is 3.76. The predicted octanol–water partition coefficient (Wildman–Crippen LogP) is 6.79. The number of hydrogen-bond acceptors (Lipinski definition) is 2. The van der Waals surface area contributed by atoms with E-state index >= 15 is 0 Å². The zero-order valence-corrected chi connectivity index (χ0v) is 13.8. The summed E-state index contributed by atoms with van der Waals surface area (Å²) in [6, 6.07) is 16.8. The molecule has 0 aliphatic rings. The van der Waals surface area contributed by atoms with Gasteiger partial charge in [0.1, 0.15) is 0 Å². The van der Waals surface area contributed by atoms with Crippen molar-refractivity contribution in [2.45, 2.75) is 52.4 Å². The summed E-state index contributed by atoms with van der Waals surface area (Å²) in [5, 5.41) is 8.62. The monoisotopic (exact) mass is 294 g/mol. The molecule has 2 aromatic rings. The van der Waals surface area contributed by atoms with E-state index in [0.717, 1.165) is 24.2 Å². The fourth-order valence-corrected chi connectivity index (χ4v) is 2.44. The molecular weight excluding hydrogens is 268 g/mol. The molecule has 0 aromatic heterocycles. The summed E-state index contributed by atoms with van der Waals surface area (Å²) in [6.45, 7) is 4.43. The number of hydrogen-bond donors (Lipinski definition) is 0. The Morgan fingerprint density at radius 3 is 1.55 bits per heavy atom. The summed E-state index contributed by atoms with van der Waals surface area (Å²) in [4.78, 5) is 0. The lowest BCUT2D eigenvalue weighted by molar-refractivity contribution is 0.717. The van der Waals surface area contributed by atoms with Crippen molar-refractivity contribution in [1.29, 1.82) is 0 Å². The highest BCUT2D eigenvalue weighted by Crippen LogP contribution is 2.20. The molecule has 22 heavy (non-hydrogen) atoms. The Bertz CT molecular complexity index is 568. The second-order valence-electron chi connectivity index (χ2n) is 5.74. The maximum absolute atomic E-state index is 4.31. The molecule has 116 valence electrons. The van der Waals surface area contributed by atoms with Crippen molar-refractivity contribution < 1.29 is 0 Å². The average Bonchev–Trinajstić information content (AvgIpc) is 2.56. The highest BCUT2D eigenvalue weighted by Gasteiger charge is 1.95. The van der Waals surface area contributed by atoms with E-state index in [1.54, 1.807) is 0 Å². The smallest absolute Gasteiger partial charge is 0.0857 e. The molecule has 2 rings (SSSR count). The number of azo groups is 1. The van der Waals surface area contributed by atoms with Gasteiger partial charge < -0.3 is 0 Å². The van der Waals surface area contributed by atoms with Gasteiger partial charge in [-0.05, 0) is 54.7 Å². The van der Waals surface area contributed by atoms with Crippen LogP contribution in [0.15, 0.2) is 58.8 Å². The Hall–Kier alpha value is -1.96. The number of rotatable bonds is 8. The van der Waals surface area contributed by atoms with Gasteiger partial charge in [0, 0.05) is 0 Å². The molecule has 0 atom stereocenters. The van der Waals surface area contributed by atoms with Gasteiger partial charge in [-0.3, -0.25) is 0 Å². The summed E-state index contributed by atoms with van der Waals surface area (Å²) in [5.41, 5.74) is 4.57. The molecule has 0 amide bonds. The van der Waals surface area contributed by atoms with Crippen molar-refractivity contribution in [3.05, 3.63) is 59.7 Å². The standard InChI is InChI=1S/C20H26N2/c1-3-5-6-8-18-11-15-20(16-12-18)22-21-19-13-9-17(7-4-2)10-14-19/h9-16H,3-8H2,1-2H3. The van der Waals surface area contributed by atoms with Gasteiger partial charge in [0.05, 0.1) is 11.4 Å². The molecule has 0 bridgehead atoms. The molecule has 0 radical (unpaired) electrons. The van der Waals surface area contributed by atoms with Crippen LogP contribution in [0.4, 0.5) is 11.4 Å². The normalized spacial score (nSPS) is 11.2. The topological polar surface area (TPSA) is 24.7 Å². The molecular formula is C20H26N2. The highest BCUT2D eigenvalue weighted by molar-refractivity contribution is 5.42. The zero-order chi connectivity index (χ0) is 15.6. The van der Waals surface area contributed by atoms with Crippen LogP contribution in [0.5, 0.6) is 0 Å². The molecule has 0 spiro atoms. The highest BCUT2D eigenvalue weighted by atomic mass is 15.1. The predicted molar refractivity (Wildman–Crippen MR) is 94.3 cm³/mol. The molecule has 0 N–H and O–H groups in total. The van der Waals surface area contributed by atoms with Gasteiger partial charge in [-0.25, -0.2) is 0 Å². The molecule has 0 unspecified atom stereocenters. The first kappa shape index (κ1) is 16.4. The largest absolute Gasteiger partial charge is 0.151 e. The third-order valence-corrected chi connectivity index (χ3v) is 3.76. The van der Waals surface area contributed by atoms with Crippen LogP contribution in [0.3, 0.4) is 0 Å². The van der Waals surface area contributed by atoms with Gasteiger partial charge in [-0.1, -0.05) is 57.4 Å². The molecule has 0 heterocycles. The quantitative estimate of drug-likeness (QED) is 0.378. The molecule has 0 fully saturated rings. The summed E-state index contributed by atoms with van der Waals surface area (Å²) in [6.07, 6.45) is 7.28. The summed E-state index contributed by atoms with van der Waals surface area (Å²) >= 11 is 0. The van der Waals surface area contributed by atoms with Crippen LogP contribution in [-0.2, 0) is 12.8 Å². The van der Waals surface area contributed by atoms with Gasteiger partial charge in [-0.15, -0.1) is 0 Å². The molecule has 2 nitrogen and oxygen atoms in total. The molecule has 0 saturated carbocycles. The first-order valence-corrected chi connectivity index (χ1v) is 8.41. The van der Waals surface area contributed by atoms with Crippen LogP contribution < -0.4 is 0 Å². The first-order chi connectivity index (χ1) is 10.8. The van der Waals surface area contributed by atoms with E-state index in [0.29, 0.717) is 0 Å². The van der Waals surface area contributed by atoms with E-state index in [2.05, 4.69) is 60.5 Å². The summed E-state index contributed by atoms with van der Waals surface area (Å²) in [5.74, 6) is 0. The first-order valence-electron chi connectivity index (χ1n) is 8.41. The fourth-order valence-electron chi connectivity index (χ4n) is 2.44. The Balaban J connectivity index is 1.92. The van der Waals surface area contributed by atoms with Crippen LogP contribution >= 0.6 is 0 Å². The van der Waals surface area contributed by atoms with Crippen LogP contribution in [0.1, 0.15) is 50.7 Å². The summed E-state index contributed by atoms with van der Waals surface area (Å²) < 4.78 is 0. The van der Waals surface area contributed by atoms with E-state index in [4.69, 9.17) is 0 Å². The molecule has 0 aliphatic carbocycles. The molecule has 0 aliphatic heterocycles. The Labute approximate surface area is 134 Å². The fraction of sp³-hybridized carbons (Fsp3) is 0.400. The lowest BCUT2D eigenvalue weighted by Crippen LogP contribution is -1.83. The van der Waals surface area contributed by atoms with Crippen molar-refractivity contribution in [2.24, 2.45) is 10.2 Å². The third kappa shape index (κ3) is 5.44. The van der Waals surface area contributed by atoms with Crippen LogP contribution in [0.25, 0.3) is 0 Å². The van der Waals surface area contributed by atoms with Crippen molar-refractivity contribution in [3.63, 3.8) is 0 Å². The van der Waals surface area contributed by atoms with Crippen molar-refractivity contribution in [1.82, 2.24) is 0 Å². The molecule has 2 aromatic carbocycles. The van der Waals surface area contributed by atoms with Gasteiger partial charge in [0.25, 0.3) is 0 Å². The molecule has 2 heteroatoms.